The fraction of sp³-hybridized carbons (Fsp3) is 0.333. The van der Waals surface area contributed by atoms with Crippen molar-refractivity contribution in [3.8, 4) is 5.88 Å². The normalized spacial score (nSPS) is 13.5. The Hall–Kier alpha value is -2.85. The number of carbonyl (C=O) groups excluding carboxylic acids is 1. The third-order valence-corrected chi connectivity index (χ3v) is 3.75. The van der Waals surface area contributed by atoms with Crippen LogP contribution < -0.4 is 10.1 Å². The Balaban J connectivity index is 1.96. The van der Waals surface area contributed by atoms with Gasteiger partial charge in [-0.25, -0.2) is 9.78 Å². The number of hydrogen-bond acceptors (Lipinski definition) is 6. The number of aliphatic hydroxyl groups is 2. The van der Waals surface area contributed by atoms with E-state index < -0.39 is 36.6 Å². The number of amides is 1. The fourth-order valence-electron chi connectivity index (χ4n) is 2.29. The van der Waals surface area contributed by atoms with Gasteiger partial charge in [0.05, 0.1) is 12.7 Å². The van der Waals surface area contributed by atoms with Crippen LogP contribution >= 0.6 is 0 Å². The van der Waals surface area contributed by atoms with E-state index >= 15 is 0 Å². The quantitative estimate of drug-likeness (QED) is 0.660. The summed E-state index contributed by atoms with van der Waals surface area (Å²) in [5.74, 6) is -0.272. The van der Waals surface area contributed by atoms with Crippen LogP contribution in [-0.2, 0) is 17.5 Å². The predicted octanol–water partition coefficient (Wildman–Crippen LogP) is 2.43. The maximum absolute atomic E-state index is 12.8. The summed E-state index contributed by atoms with van der Waals surface area (Å²) < 4.78 is 48.3. The van der Waals surface area contributed by atoms with Crippen LogP contribution in [0.2, 0.25) is 0 Å². The third-order valence-electron chi connectivity index (χ3n) is 3.75. The fourth-order valence-corrected chi connectivity index (χ4v) is 2.29. The molecule has 0 fully saturated rings. The first-order valence-electron chi connectivity index (χ1n) is 8.14. The van der Waals surface area contributed by atoms with Gasteiger partial charge in [-0.05, 0) is 11.6 Å². The number of pyridine rings is 1. The summed E-state index contributed by atoms with van der Waals surface area (Å²) in [6.45, 7) is -0.467. The van der Waals surface area contributed by atoms with Crippen molar-refractivity contribution in [2.24, 2.45) is 0 Å². The molecule has 1 heterocycles. The van der Waals surface area contributed by atoms with Crippen LogP contribution in [0.15, 0.2) is 42.6 Å². The summed E-state index contributed by atoms with van der Waals surface area (Å²) in [5.41, 5.74) is -0.716. The molecule has 2 unspecified atom stereocenters. The number of rotatable bonds is 7. The van der Waals surface area contributed by atoms with E-state index in [0.29, 0.717) is 12.3 Å². The second-order valence-corrected chi connectivity index (χ2v) is 5.78. The van der Waals surface area contributed by atoms with Crippen LogP contribution in [0.5, 0.6) is 5.88 Å². The van der Waals surface area contributed by atoms with Crippen LogP contribution in [0.25, 0.3) is 0 Å². The van der Waals surface area contributed by atoms with Gasteiger partial charge in [-0.2, -0.15) is 13.2 Å². The van der Waals surface area contributed by atoms with Gasteiger partial charge >= 0.3 is 12.3 Å². The lowest BCUT2D eigenvalue weighted by atomic mass is 10.0. The minimum absolute atomic E-state index is 0.00328. The zero-order valence-corrected chi connectivity index (χ0v) is 14.8. The van der Waals surface area contributed by atoms with Gasteiger partial charge in [0, 0.05) is 18.3 Å². The molecular weight excluding hydrogens is 381 g/mol. The third kappa shape index (κ3) is 5.83. The standard InChI is InChI=1S/C18H19F3N2O5/c1-27-16-13(7-12(8-22-16)18(19,20)21)15(25)14(24)9-23-17(26)28-10-11-5-3-2-4-6-11/h2-8,14-15,24-25H,9-10H2,1H3,(H,23,26). The van der Waals surface area contributed by atoms with E-state index in [4.69, 9.17) is 9.47 Å². The highest BCUT2D eigenvalue weighted by Gasteiger charge is 2.34. The summed E-state index contributed by atoms with van der Waals surface area (Å²) in [7, 11) is 1.16. The molecule has 0 saturated carbocycles. The number of carbonyl (C=O) groups is 1. The highest BCUT2D eigenvalue weighted by molar-refractivity contribution is 5.67. The molecule has 152 valence electrons. The number of aromatic nitrogens is 1. The number of ether oxygens (including phenoxy) is 2. The number of nitrogens with one attached hydrogen (secondary N) is 1. The first-order chi connectivity index (χ1) is 13.2. The molecular formula is C18H19F3N2O5. The molecule has 2 rings (SSSR count). The minimum Gasteiger partial charge on any atom is -0.481 e. The van der Waals surface area contributed by atoms with Crippen molar-refractivity contribution < 1.29 is 37.7 Å². The molecule has 0 bridgehead atoms. The number of alkyl carbamates (subject to hydrolysis) is 1. The second-order valence-electron chi connectivity index (χ2n) is 5.78. The Morgan fingerprint density at radius 2 is 1.93 bits per heavy atom. The largest absolute Gasteiger partial charge is 0.481 e. The van der Waals surface area contributed by atoms with Crippen molar-refractivity contribution in [1.29, 1.82) is 0 Å². The van der Waals surface area contributed by atoms with Crippen LogP contribution in [0.3, 0.4) is 0 Å². The smallest absolute Gasteiger partial charge is 0.417 e. The number of hydrogen-bond donors (Lipinski definition) is 3. The molecule has 0 spiro atoms. The first kappa shape index (κ1) is 21.5. The van der Waals surface area contributed by atoms with Crippen molar-refractivity contribution in [3.05, 3.63) is 59.3 Å². The van der Waals surface area contributed by atoms with Crippen molar-refractivity contribution in [1.82, 2.24) is 10.3 Å². The predicted molar refractivity (Wildman–Crippen MR) is 91.4 cm³/mol. The van der Waals surface area contributed by atoms with E-state index in [1.807, 2.05) is 0 Å². The molecule has 1 aromatic heterocycles. The molecule has 0 radical (unpaired) electrons. The Morgan fingerprint density at radius 1 is 1.25 bits per heavy atom. The number of aliphatic hydroxyl groups excluding tert-OH is 2. The number of halogens is 3. The summed E-state index contributed by atoms with van der Waals surface area (Å²) >= 11 is 0. The first-order valence-corrected chi connectivity index (χ1v) is 8.14. The van der Waals surface area contributed by atoms with Gasteiger partial charge in [0.2, 0.25) is 5.88 Å². The lowest BCUT2D eigenvalue weighted by Gasteiger charge is -2.21. The highest BCUT2D eigenvalue weighted by Crippen LogP contribution is 2.34. The molecule has 10 heteroatoms. The Kier molecular flexibility index (Phi) is 7.18. The van der Waals surface area contributed by atoms with Crippen LogP contribution in [0.4, 0.5) is 18.0 Å². The summed E-state index contributed by atoms with van der Waals surface area (Å²) in [4.78, 5) is 15.2. The zero-order chi connectivity index (χ0) is 20.7. The van der Waals surface area contributed by atoms with E-state index in [1.165, 1.54) is 0 Å². The maximum Gasteiger partial charge on any atom is 0.417 e. The highest BCUT2D eigenvalue weighted by atomic mass is 19.4. The minimum atomic E-state index is -4.68. The van der Waals surface area contributed by atoms with Crippen LogP contribution in [0, 0.1) is 0 Å². The van der Waals surface area contributed by atoms with Gasteiger partial charge < -0.3 is 25.0 Å². The zero-order valence-electron chi connectivity index (χ0n) is 14.8. The molecule has 1 amide bonds. The summed E-state index contributed by atoms with van der Waals surface area (Å²) in [6.07, 6.45) is -8.38. The van der Waals surface area contributed by atoms with E-state index in [9.17, 15) is 28.2 Å². The van der Waals surface area contributed by atoms with Gasteiger partial charge in [-0.15, -0.1) is 0 Å². The average Bonchev–Trinajstić information content (AvgIpc) is 2.69. The topological polar surface area (TPSA) is 101 Å². The van der Waals surface area contributed by atoms with Crippen molar-refractivity contribution >= 4 is 6.09 Å². The molecule has 7 nitrogen and oxygen atoms in total. The monoisotopic (exact) mass is 400 g/mol. The van der Waals surface area contributed by atoms with Crippen molar-refractivity contribution in [2.45, 2.75) is 25.0 Å². The lowest BCUT2D eigenvalue weighted by molar-refractivity contribution is -0.138. The SMILES string of the molecule is COc1ncc(C(F)(F)F)cc1C(O)C(O)CNC(=O)OCc1ccccc1. The molecule has 0 aliphatic rings. The van der Waals surface area contributed by atoms with Crippen LogP contribution in [-0.4, -0.2) is 41.0 Å². The molecule has 3 N–H and O–H groups in total. The molecule has 2 atom stereocenters. The van der Waals surface area contributed by atoms with E-state index in [2.05, 4.69) is 10.3 Å². The average molecular weight is 400 g/mol. The number of nitrogens with zero attached hydrogens (tertiary/aromatic N) is 1. The molecule has 0 saturated heterocycles. The summed E-state index contributed by atoms with van der Waals surface area (Å²) in [6, 6.07) is 9.48. The molecule has 28 heavy (non-hydrogen) atoms. The summed E-state index contributed by atoms with van der Waals surface area (Å²) in [5, 5.41) is 22.4. The van der Waals surface area contributed by atoms with Gasteiger partial charge in [0.15, 0.2) is 0 Å². The van der Waals surface area contributed by atoms with E-state index in [0.717, 1.165) is 12.7 Å². The Labute approximate surface area is 158 Å². The maximum atomic E-state index is 12.8. The Bertz CT molecular complexity index is 787. The molecule has 0 aliphatic heterocycles. The molecule has 0 aliphatic carbocycles. The van der Waals surface area contributed by atoms with Gasteiger partial charge in [0.1, 0.15) is 18.8 Å². The molecule has 1 aromatic carbocycles. The number of alkyl halides is 3. The van der Waals surface area contributed by atoms with Gasteiger partial charge in [-0.1, -0.05) is 30.3 Å². The van der Waals surface area contributed by atoms with E-state index in [1.54, 1.807) is 30.3 Å². The Morgan fingerprint density at radius 3 is 2.54 bits per heavy atom. The lowest BCUT2D eigenvalue weighted by Crippen LogP contribution is -2.36. The number of methoxy groups -OCH3 is 1. The number of benzene rings is 1. The van der Waals surface area contributed by atoms with Gasteiger partial charge in [-0.3, -0.25) is 0 Å². The van der Waals surface area contributed by atoms with Crippen molar-refractivity contribution in [3.63, 3.8) is 0 Å². The molecule has 2 aromatic rings. The van der Waals surface area contributed by atoms with E-state index in [-0.39, 0.29) is 18.1 Å². The van der Waals surface area contributed by atoms with Gasteiger partial charge in [0.25, 0.3) is 0 Å². The van der Waals surface area contributed by atoms with Crippen LogP contribution in [0.1, 0.15) is 22.8 Å². The van der Waals surface area contributed by atoms with Crippen molar-refractivity contribution in [2.75, 3.05) is 13.7 Å². The second kappa shape index (κ2) is 9.38.